The molecule has 1 saturated heterocycles. The molecule has 16 heavy (non-hydrogen) atoms. The fourth-order valence-electron chi connectivity index (χ4n) is 3.32. The third-order valence-corrected chi connectivity index (χ3v) is 16.9. The normalized spacial score (nSPS) is 24.9. The molecule has 0 unspecified atom stereocenters. The van der Waals surface area contributed by atoms with E-state index in [0.29, 0.717) is 0 Å². The summed E-state index contributed by atoms with van der Waals surface area (Å²) in [4.78, 5) is 0. The van der Waals surface area contributed by atoms with Gasteiger partial charge in [-0.2, -0.15) is 0 Å². The van der Waals surface area contributed by atoms with Crippen molar-refractivity contribution in [1.82, 2.24) is 0 Å². The van der Waals surface area contributed by atoms with Crippen molar-refractivity contribution in [3.05, 3.63) is 0 Å². The van der Waals surface area contributed by atoms with Crippen LogP contribution in [0.15, 0.2) is 0 Å². The Morgan fingerprint density at radius 3 is 1.81 bits per heavy atom. The van der Waals surface area contributed by atoms with Crippen molar-refractivity contribution in [3.8, 4) is 0 Å². The van der Waals surface area contributed by atoms with E-state index in [1.54, 1.807) is 12.1 Å². The van der Waals surface area contributed by atoms with Crippen LogP contribution in [0.25, 0.3) is 0 Å². The van der Waals surface area contributed by atoms with Crippen molar-refractivity contribution in [3.63, 3.8) is 0 Å². The second-order valence-corrected chi connectivity index (χ2v) is 18.7. The predicted molar refractivity (Wildman–Crippen MR) is 78.7 cm³/mol. The molecule has 0 saturated carbocycles. The summed E-state index contributed by atoms with van der Waals surface area (Å²) < 4.78 is 5.92. The summed E-state index contributed by atoms with van der Waals surface area (Å²) in [5.41, 5.74) is 0.0377. The smallest absolute Gasteiger partial charge is 0.0598 e. The van der Waals surface area contributed by atoms with Crippen molar-refractivity contribution < 1.29 is 4.74 Å². The lowest BCUT2D eigenvalue weighted by Gasteiger charge is -2.34. The highest BCUT2D eigenvalue weighted by molar-refractivity contribution is 7.01. The minimum atomic E-state index is -0.920. The van der Waals surface area contributed by atoms with Crippen LogP contribution in [0.2, 0.25) is 43.4 Å². The molecule has 1 heterocycles. The first-order valence-electron chi connectivity index (χ1n) is 6.69. The van der Waals surface area contributed by atoms with E-state index in [-0.39, 0.29) is 5.60 Å². The third kappa shape index (κ3) is 3.71. The quantitative estimate of drug-likeness (QED) is 0.676. The highest BCUT2D eigenvalue weighted by Gasteiger charge is 2.48. The van der Waals surface area contributed by atoms with Crippen LogP contribution in [-0.4, -0.2) is 28.4 Å². The molecular formula is C13H30OSi2. The third-order valence-electron chi connectivity index (χ3n) is 4.24. The van der Waals surface area contributed by atoms with E-state index >= 15 is 0 Å². The lowest BCUT2D eigenvalue weighted by atomic mass is 10.2. The number of hydrogen-bond donors (Lipinski definition) is 0. The van der Waals surface area contributed by atoms with Gasteiger partial charge in [0.1, 0.15) is 0 Å². The van der Waals surface area contributed by atoms with E-state index in [2.05, 4.69) is 47.0 Å². The van der Waals surface area contributed by atoms with E-state index in [1.165, 1.54) is 6.42 Å². The molecule has 0 N–H and O–H groups in total. The molecule has 1 rings (SSSR count). The molecule has 0 aromatic carbocycles. The van der Waals surface area contributed by atoms with Crippen LogP contribution in [0.1, 0.15) is 27.2 Å². The molecule has 1 aliphatic rings. The van der Waals surface area contributed by atoms with Crippen LogP contribution in [0.4, 0.5) is 0 Å². The fraction of sp³-hybridized carbons (Fsp3) is 1.00. The van der Waals surface area contributed by atoms with Gasteiger partial charge < -0.3 is 4.74 Å². The van der Waals surface area contributed by atoms with E-state index in [4.69, 9.17) is 4.74 Å². The molecule has 1 aliphatic heterocycles. The average Bonchev–Trinajstić information content (AvgIpc) is 2.25. The van der Waals surface area contributed by atoms with Crippen LogP contribution in [0.3, 0.4) is 0 Å². The molecular weight excluding hydrogens is 228 g/mol. The highest BCUT2D eigenvalue weighted by Crippen LogP contribution is 2.48. The van der Waals surface area contributed by atoms with Crippen molar-refractivity contribution in [2.45, 2.75) is 76.2 Å². The zero-order chi connectivity index (χ0) is 12.6. The molecule has 0 spiro atoms. The summed E-state index contributed by atoms with van der Waals surface area (Å²) in [5.74, 6) is 0. The first-order valence-corrected chi connectivity index (χ1v) is 13.3. The molecule has 1 nitrogen and oxygen atoms in total. The van der Waals surface area contributed by atoms with Gasteiger partial charge in [0.15, 0.2) is 0 Å². The maximum Gasteiger partial charge on any atom is 0.0598 e. The Bertz CT molecular complexity index is 225. The maximum atomic E-state index is 5.92. The Morgan fingerprint density at radius 1 is 1.00 bits per heavy atom. The lowest BCUT2D eigenvalue weighted by molar-refractivity contribution is -0.00332. The summed E-state index contributed by atoms with van der Waals surface area (Å²) >= 11 is 0. The van der Waals surface area contributed by atoms with E-state index in [1.807, 2.05) is 0 Å². The van der Waals surface area contributed by atoms with Crippen molar-refractivity contribution in [1.29, 1.82) is 0 Å². The Morgan fingerprint density at radius 2 is 1.44 bits per heavy atom. The molecule has 0 bridgehead atoms. The minimum absolute atomic E-state index is 0.0377. The summed E-state index contributed by atoms with van der Waals surface area (Å²) in [6.45, 7) is 17.8. The molecule has 0 atom stereocenters. The summed E-state index contributed by atoms with van der Waals surface area (Å²) in [6, 6.07) is 3.12. The molecule has 0 radical (unpaired) electrons. The Kier molecular flexibility index (Phi) is 4.14. The number of ether oxygens (including phenoxy) is 1. The number of rotatable bonds is 3. The standard InChI is InChI=1S/C13H30OSi2/c1-13(2,3)14-9-8-12-15(4,5)10-11-16(12,6)7/h12H,8-11H2,1-7H3. The van der Waals surface area contributed by atoms with E-state index < -0.39 is 16.1 Å². The molecule has 0 aromatic rings. The lowest BCUT2D eigenvalue weighted by Crippen LogP contribution is -2.39. The molecule has 1 fully saturated rings. The van der Waals surface area contributed by atoms with Gasteiger partial charge in [0.25, 0.3) is 0 Å². The molecule has 3 heteroatoms. The topological polar surface area (TPSA) is 9.23 Å². The fourth-order valence-corrected chi connectivity index (χ4v) is 20.3. The van der Waals surface area contributed by atoms with Gasteiger partial charge in [-0.1, -0.05) is 38.3 Å². The van der Waals surface area contributed by atoms with Gasteiger partial charge in [0.2, 0.25) is 0 Å². The summed E-state index contributed by atoms with van der Waals surface area (Å²) in [5, 5.41) is 1.07. The Labute approximate surface area is 104 Å². The molecule has 96 valence electrons. The predicted octanol–water partition coefficient (Wildman–Crippen LogP) is 4.53. The average molecular weight is 259 g/mol. The van der Waals surface area contributed by atoms with E-state index in [0.717, 1.165) is 11.8 Å². The molecule has 0 aliphatic carbocycles. The molecule has 0 aromatic heterocycles. The second kappa shape index (κ2) is 4.58. The number of hydrogen-bond acceptors (Lipinski definition) is 1. The Balaban J connectivity index is 2.52. The van der Waals surface area contributed by atoms with Gasteiger partial charge in [0.05, 0.1) is 5.60 Å². The van der Waals surface area contributed by atoms with Crippen LogP contribution >= 0.6 is 0 Å². The van der Waals surface area contributed by atoms with E-state index in [9.17, 15) is 0 Å². The largest absolute Gasteiger partial charge is 0.376 e. The van der Waals surface area contributed by atoms with Crippen molar-refractivity contribution in [2.75, 3.05) is 6.61 Å². The van der Waals surface area contributed by atoms with Gasteiger partial charge in [0, 0.05) is 22.8 Å². The SMILES string of the molecule is CC(C)(C)OCCC1[Si](C)(C)CC[Si]1(C)C. The van der Waals surface area contributed by atoms with Crippen LogP contribution in [0.5, 0.6) is 0 Å². The van der Waals surface area contributed by atoms with Gasteiger partial charge >= 0.3 is 0 Å². The maximum absolute atomic E-state index is 5.92. The highest BCUT2D eigenvalue weighted by atomic mass is 28.4. The van der Waals surface area contributed by atoms with Gasteiger partial charge in [-0.3, -0.25) is 0 Å². The first kappa shape index (κ1) is 14.5. The first-order chi connectivity index (χ1) is 7.05. The zero-order valence-corrected chi connectivity index (χ0v) is 14.3. The van der Waals surface area contributed by atoms with Gasteiger partial charge in [-0.05, 0) is 32.4 Å². The second-order valence-electron chi connectivity index (χ2n) is 7.78. The van der Waals surface area contributed by atoms with Gasteiger partial charge in [-0.25, -0.2) is 0 Å². The minimum Gasteiger partial charge on any atom is -0.376 e. The van der Waals surface area contributed by atoms with Crippen molar-refractivity contribution >= 4 is 16.1 Å². The van der Waals surface area contributed by atoms with Crippen LogP contribution < -0.4 is 0 Å². The Hall–Kier alpha value is 0.394. The van der Waals surface area contributed by atoms with Crippen LogP contribution in [0, 0.1) is 0 Å². The zero-order valence-electron chi connectivity index (χ0n) is 12.3. The van der Waals surface area contributed by atoms with Crippen molar-refractivity contribution in [2.24, 2.45) is 0 Å². The molecule has 0 amide bonds. The van der Waals surface area contributed by atoms with Gasteiger partial charge in [-0.15, -0.1) is 0 Å². The summed E-state index contributed by atoms with van der Waals surface area (Å²) in [7, 11) is -1.84. The van der Waals surface area contributed by atoms with Crippen LogP contribution in [-0.2, 0) is 4.74 Å². The monoisotopic (exact) mass is 258 g/mol. The summed E-state index contributed by atoms with van der Waals surface area (Å²) in [6.07, 6.45) is 1.33.